The molecule has 0 aliphatic carbocycles. The second-order valence-electron chi connectivity index (χ2n) is 7.04. The molecule has 2 amide bonds. The molecule has 2 aromatic carbocycles. The molecule has 0 spiro atoms. The Bertz CT molecular complexity index is 857. The van der Waals surface area contributed by atoms with Crippen molar-refractivity contribution in [2.45, 2.75) is 53.0 Å². The molecule has 2 N–H and O–H groups in total. The van der Waals surface area contributed by atoms with Crippen molar-refractivity contribution < 1.29 is 14.4 Å². The average Bonchev–Trinajstić information content (AvgIpc) is 2.68. The van der Waals surface area contributed by atoms with Crippen molar-refractivity contribution in [2.75, 3.05) is 5.32 Å². The third kappa shape index (κ3) is 6.05. The van der Waals surface area contributed by atoms with Gasteiger partial charge in [0.05, 0.1) is 6.04 Å². The van der Waals surface area contributed by atoms with Gasteiger partial charge >= 0.3 is 0 Å². The van der Waals surface area contributed by atoms with Crippen LogP contribution >= 0.6 is 0 Å². The van der Waals surface area contributed by atoms with Crippen LogP contribution in [0.2, 0.25) is 0 Å². The van der Waals surface area contributed by atoms with Crippen molar-refractivity contribution in [2.24, 2.45) is 0 Å². The molecule has 0 aromatic heterocycles. The highest BCUT2D eigenvalue weighted by Crippen LogP contribution is 2.17. The van der Waals surface area contributed by atoms with Crippen LogP contribution in [-0.4, -0.2) is 17.6 Å². The van der Waals surface area contributed by atoms with E-state index in [4.69, 9.17) is 0 Å². The van der Waals surface area contributed by atoms with E-state index in [1.165, 1.54) is 0 Å². The fourth-order valence-electron chi connectivity index (χ4n) is 2.79. The summed E-state index contributed by atoms with van der Waals surface area (Å²) in [6.45, 7) is 7.66. The minimum absolute atomic E-state index is 0.0260. The van der Waals surface area contributed by atoms with E-state index in [1.54, 1.807) is 6.92 Å². The van der Waals surface area contributed by atoms with Gasteiger partial charge in [0, 0.05) is 30.5 Å². The Morgan fingerprint density at radius 2 is 1.57 bits per heavy atom. The summed E-state index contributed by atoms with van der Waals surface area (Å²) in [4.78, 5) is 35.9. The third-order valence-corrected chi connectivity index (χ3v) is 4.80. The Morgan fingerprint density at radius 3 is 2.18 bits per heavy atom. The molecule has 0 aliphatic rings. The van der Waals surface area contributed by atoms with E-state index in [0.29, 0.717) is 12.0 Å². The zero-order valence-electron chi connectivity index (χ0n) is 17.0. The number of benzene rings is 2. The first-order valence-electron chi connectivity index (χ1n) is 9.59. The van der Waals surface area contributed by atoms with Crippen molar-refractivity contribution in [3.63, 3.8) is 0 Å². The van der Waals surface area contributed by atoms with Gasteiger partial charge in [0.2, 0.25) is 11.8 Å². The maximum absolute atomic E-state index is 12.3. The van der Waals surface area contributed by atoms with Crippen molar-refractivity contribution >= 4 is 23.3 Å². The van der Waals surface area contributed by atoms with Gasteiger partial charge in [-0.05, 0) is 55.7 Å². The summed E-state index contributed by atoms with van der Waals surface area (Å²) in [6.07, 6.45) is 0.763. The van der Waals surface area contributed by atoms with Gasteiger partial charge in [-0.15, -0.1) is 0 Å². The SMILES string of the molecule is CCC(=O)Nc1ccc(C(C)NC(=O)CCC(=O)c2ccc(C)c(C)c2)cc1. The molecule has 0 saturated heterocycles. The van der Waals surface area contributed by atoms with Crippen LogP contribution < -0.4 is 10.6 Å². The van der Waals surface area contributed by atoms with Crippen molar-refractivity contribution in [3.8, 4) is 0 Å². The Kier molecular flexibility index (Phi) is 7.50. The number of amides is 2. The number of rotatable bonds is 8. The quantitative estimate of drug-likeness (QED) is 0.663. The summed E-state index contributed by atoms with van der Waals surface area (Å²) in [7, 11) is 0. The lowest BCUT2D eigenvalue weighted by Gasteiger charge is -2.15. The molecular weight excluding hydrogens is 352 g/mol. The van der Waals surface area contributed by atoms with Crippen LogP contribution in [0, 0.1) is 13.8 Å². The number of Topliss-reactive ketones (excluding diaryl/α,β-unsaturated/α-hetero) is 1. The highest BCUT2D eigenvalue weighted by Gasteiger charge is 2.13. The maximum Gasteiger partial charge on any atom is 0.224 e. The zero-order chi connectivity index (χ0) is 20.7. The highest BCUT2D eigenvalue weighted by atomic mass is 16.2. The minimum Gasteiger partial charge on any atom is -0.350 e. The molecule has 0 radical (unpaired) electrons. The van der Waals surface area contributed by atoms with Crippen LogP contribution in [0.25, 0.3) is 0 Å². The summed E-state index contributed by atoms with van der Waals surface area (Å²) >= 11 is 0. The minimum atomic E-state index is -0.180. The van der Waals surface area contributed by atoms with Gasteiger partial charge in [0.15, 0.2) is 5.78 Å². The molecule has 2 aromatic rings. The number of ketones is 1. The van der Waals surface area contributed by atoms with E-state index >= 15 is 0 Å². The highest BCUT2D eigenvalue weighted by molar-refractivity contribution is 5.98. The molecule has 0 aliphatic heterocycles. The predicted molar refractivity (Wildman–Crippen MR) is 111 cm³/mol. The molecule has 0 fully saturated rings. The van der Waals surface area contributed by atoms with Crippen molar-refractivity contribution in [1.82, 2.24) is 5.32 Å². The fourth-order valence-corrected chi connectivity index (χ4v) is 2.79. The summed E-state index contributed by atoms with van der Waals surface area (Å²) in [5.74, 6) is -0.225. The number of hydrogen-bond donors (Lipinski definition) is 2. The van der Waals surface area contributed by atoms with Crippen LogP contribution in [-0.2, 0) is 9.59 Å². The summed E-state index contributed by atoms with van der Waals surface area (Å²) in [5.41, 5.74) is 4.52. The molecule has 148 valence electrons. The topological polar surface area (TPSA) is 75.3 Å². The summed E-state index contributed by atoms with van der Waals surface area (Å²) in [6, 6.07) is 12.8. The smallest absolute Gasteiger partial charge is 0.224 e. The number of carbonyl (C=O) groups is 3. The second kappa shape index (κ2) is 9.83. The van der Waals surface area contributed by atoms with E-state index in [9.17, 15) is 14.4 Å². The van der Waals surface area contributed by atoms with Gasteiger partial charge in [0.25, 0.3) is 0 Å². The molecule has 2 rings (SSSR count). The molecule has 5 nitrogen and oxygen atoms in total. The number of anilines is 1. The van der Waals surface area contributed by atoms with Gasteiger partial charge in [-0.25, -0.2) is 0 Å². The Hall–Kier alpha value is -2.95. The van der Waals surface area contributed by atoms with Crippen LogP contribution in [0.3, 0.4) is 0 Å². The fraction of sp³-hybridized carbons (Fsp3) is 0.348. The van der Waals surface area contributed by atoms with E-state index in [2.05, 4.69) is 10.6 Å². The van der Waals surface area contributed by atoms with Crippen LogP contribution in [0.15, 0.2) is 42.5 Å². The average molecular weight is 380 g/mol. The molecule has 1 atom stereocenters. The first kappa shape index (κ1) is 21.4. The van der Waals surface area contributed by atoms with Gasteiger partial charge in [-0.2, -0.15) is 0 Å². The maximum atomic E-state index is 12.3. The van der Waals surface area contributed by atoms with Crippen molar-refractivity contribution in [1.29, 1.82) is 0 Å². The lowest BCUT2D eigenvalue weighted by atomic mass is 10.0. The molecule has 0 bridgehead atoms. The molecule has 1 unspecified atom stereocenters. The van der Waals surface area contributed by atoms with E-state index in [-0.39, 0.29) is 36.5 Å². The number of carbonyl (C=O) groups excluding carboxylic acids is 3. The van der Waals surface area contributed by atoms with Gasteiger partial charge < -0.3 is 10.6 Å². The first-order chi connectivity index (χ1) is 13.3. The zero-order valence-corrected chi connectivity index (χ0v) is 17.0. The molecule has 0 saturated carbocycles. The molecule has 5 heteroatoms. The Balaban J connectivity index is 1.85. The Morgan fingerprint density at radius 1 is 0.893 bits per heavy atom. The Labute approximate surface area is 166 Å². The molecule has 0 heterocycles. The van der Waals surface area contributed by atoms with Crippen LogP contribution in [0.1, 0.15) is 66.2 Å². The van der Waals surface area contributed by atoms with E-state index in [0.717, 1.165) is 22.4 Å². The molecular formula is C23H28N2O3. The van der Waals surface area contributed by atoms with E-state index in [1.807, 2.05) is 63.2 Å². The van der Waals surface area contributed by atoms with Gasteiger partial charge in [0.1, 0.15) is 0 Å². The largest absolute Gasteiger partial charge is 0.350 e. The van der Waals surface area contributed by atoms with Crippen LogP contribution in [0.5, 0.6) is 0 Å². The first-order valence-corrected chi connectivity index (χ1v) is 9.59. The monoisotopic (exact) mass is 380 g/mol. The number of hydrogen-bond acceptors (Lipinski definition) is 3. The lowest BCUT2D eigenvalue weighted by molar-refractivity contribution is -0.121. The summed E-state index contributed by atoms with van der Waals surface area (Å²) < 4.78 is 0. The van der Waals surface area contributed by atoms with Gasteiger partial charge in [-0.1, -0.05) is 31.2 Å². The standard InChI is InChI=1S/C23H28N2O3/c1-5-22(27)25-20-10-8-18(9-11-20)17(4)24-23(28)13-12-21(26)19-7-6-15(2)16(3)14-19/h6-11,14,17H,5,12-13H2,1-4H3,(H,24,28)(H,25,27). The number of aryl methyl sites for hydroxylation is 2. The second-order valence-corrected chi connectivity index (χ2v) is 7.04. The van der Waals surface area contributed by atoms with Crippen LogP contribution in [0.4, 0.5) is 5.69 Å². The molecule has 28 heavy (non-hydrogen) atoms. The third-order valence-electron chi connectivity index (χ3n) is 4.80. The lowest BCUT2D eigenvalue weighted by Crippen LogP contribution is -2.27. The van der Waals surface area contributed by atoms with Gasteiger partial charge in [-0.3, -0.25) is 14.4 Å². The predicted octanol–water partition coefficient (Wildman–Crippen LogP) is 4.49. The van der Waals surface area contributed by atoms with E-state index < -0.39 is 0 Å². The van der Waals surface area contributed by atoms with Crippen molar-refractivity contribution in [3.05, 3.63) is 64.7 Å². The number of nitrogens with one attached hydrogen (secondary N) is 2. The summed E-state index contributed by atoms with van der Waals surface area (Å²) in [5, 5.41) is 5.71. The normalized spacial score (nSPS) is 11.6.